The summed E-state index contributed by atoms with van der Waals surface area (Å²) in [6.45, 7) is 5.37. The first kappa shape index (κ1) is 15.5. The van der Waals surface area contributed by atoms with E-state index in [0.29, 0.717) is 18.7 Å². The van der Waals surface area contributed by atoms with Crippen LogP contribution >= 0.6 is 0 Å². The predicted molar refractivity (Wildman–Crippen MR) is 102 cm³/mol. The molecule has 1 aromatic heterocycles. The van der Waals surface area contributed by atoms with Gasteiger partial charge in [-0.3, -0.25) is 4.79 Å². The molecule has 0 aliphatic carbocycles. The second-order valence-corrected chi connectivity index (χ2v) is 6.06. The fraction of sp³-hybridized carbons (Fsp3) is 0.190. The van der Waals surface area contributed by atoms with Gasteiger partial charge < -0.3 is 4.90 Å². The Morgan fingerprint density at radius 1 is 0.880 bits per heavy atom. The van der Waals surface area contributed by atoms with Gasteiger partial charge in [-0.2, -0.15) is 0 Å². The van der Waals surface area contributed by atoms with Gasteiger partial charge in [0.2, 0.25) is 0 Å². The molecule has 0 saturated heterocycles. The van der Waals surface area contributed by atoms with E-state index < -0.39 is 0 Å². The quantitative estimate of drug-likeness (QED) is 0.413. The zero-order valence-electron chi connectivity index (χ0n) is 14.4. The van der Waals surface area contributed by atoms with Crippen molar-refractivity contribution in [2.45, 2.75) is 13.8 Å². The highest BCUT2D eigenvalue weighted by Gasteiger charge is 2.14. The first-order valence-electron chi connectivity index (χ1n) is 8.59. The minimum absolute atomic E-state index is 0.0340. The van der Waals surface area contributed by atoms with Crippen LogP contribution in [0.4, 0.5) is 0 Å². The first-order chi connectivity index (χ1) is 12.2. The molecular formula is C21H19N3O. The van der Waals surface area contributed by atoms with E-state index in [1.54, 1.807) is 0 Å². The topological polar surface area (TPSA) is 46.1 Å². The third-order valence-electron chi connectivity index (χ3n) is 4.63. The van der Waals surface area contributed by atoms with Crippen LogP contribution in [0.2, 0.25) is 0 Å². The summed E-state index contributed by atoms with van der Waals surface area (Å²) in [4.78, 5) is 24.0. The predicted octanol–water partition coefficient (Wildman–Crippen LogP) is 4.42. The molecule has 0 atom stereocenters. The number of carbonyl (C=O) groups is 1. The third kappa shape index (κ3) is 2.60. The van der Waals surface area contributed by atoms with Gasteiger partial charge >= 0.3 is 0 Å². The monoisotopic (exact) mass is 329 g/mol. The average Bonchev–Trinajstić information content (AvgIpc) is 2.66. The van der Waals surface area contributed by atoms with Crippen LogP contribution in [-0.2, 0) is 0 Å². The molecule has 1 heterocycles. The van der Waals surface area contributed by atoms with Gasteiger partial charge in [-0.1, -0.05) is 30.3 Å². The molecule has 4 nitrogen and oxygen atoms in total. The smallest absolute Gasteiger partial charge is 0.253 e. The Labute approximate surface area is 146 Å². The summed E-state index contributed by atoms with van der Waals surface area (Å²) in [5, 5.41) is 2.22. The van der Waals surface area contributed by atoms with E-state index in [1.165, 1.54) is 0 Å². The molecule has 0 spiro atoms. The minimum Gasteiger partial charge on any atom is -0.339 e. The Balaban J connectivity index is 1.93. The second-order valence-electron chi connectivity index (χ2n) is 6.06. The summed E-state index contributed by atoms with van der Waals surface area (Å²) >= 11 is 0. The summed E-state index contributed by atoms with van der Waals surface area (Å²) in [7, 11) is 0. The maximum Gasteiger partial charge on any atom is 0.253 e. The van der Waals surface area contributed by atoms with Crippen LogP contribution in [0.3, 0.4) is 0 Å². The zero-order valence-corrected chi connectivity index (χ0v) is 14.4. The third-order valence-corrected chi connectivity index (χ3v) is 4.63. The van der Waals surface area contributed by atoms with Crippen molar-refractivity contribution in [1.82, 2.24) is 14.9 Å². The zero-order chi connectivity index (χ0) is 17.4. The Hall–Kier alpha value is -3.01. The summed E-state index contributed by atoms with van der Waals surface area (Å²) < 4.78 is 0. The minimum atomic E-state index is 0.0340. The van der Waals surface area contributed by atoms with E-state index in [9.17, 15) is 4.79 Å². The summed E-state index contributed by atoms with van der Waals surface area (Å²) in [5.74, 6) is 0.0340. The lowest BCUT2D eigenvalue weighted by Crippen LogP contribution is -2.30. The lowest BCUT2D eigenvalue weighted by Gasteiger charge is -2.18. The molecule has 25 heavy (non-hydrogen) atoms. The molecule has 0 aliphatic heterocycles. The van der Waals surface area contributed by atoms with Crippen LogP contribution in [0.1, 0.15) is 24.2 Å². The van der Waals surface area contributed by atoms with E-state index in [1.807, 2.05) is 55.1 Å². The van der Waals surface area contributed by atoms with Crippen molar-refractivity contribution in [3.8, 4) is 0 Å². The number of amides is 1. The number of nitrogens with zero attached hydrogens (tertiary/aromatic N) is 3. The maximum absolute atomic E-state index is 12.6. The molecular weight excluding hydrogens is 310 g/mol. The molecule has 0 fully saturated rings. The Bertz CT molecular complexity index is 1100. The molecule has 0 N–H and O–H groups in total. The van der Waals surface area contributed by atoms with Gasteiger partial charge in [-0.15, -0.1) is 0 Å². The average molecular weight is 329 g/mol. The lowest BCUT2D eigenvalue weighted by atomic mass is 10.1. The van der Waals surface area contributed by atoms with Crippen molar-refractivity contribution >= 4 is 38.7 Å². The largest absolute Gasteiger partial charge is 0.339 e. The number of carbonyl (C=O) groups excluding carboxylic acids is 1. The number of fused-ring (bicyclic) bond motifs is 4. The molecule has 0 bridgehead atoms. The van der Waals surface area contributed by atoms with Gasteiger partial charge in [-0.25, -0.2) is 9.97 Å². The van der Waals surface area contributed by atoms with Crippen LogP contribution in [0.25, 0.3) is 32.8 Å². The molecule has 4 heteroatoms. The number of hydrogen-bond donors (Lipinski definition) is 0. The van der Waals surface area contributed by atoms with E-state index in [-0.39, 0.29) is 5.91 Å². The number of aromatic nitrogens is 2. The van der Waals surface area contributed by atoms with E-state index in [0.717, 1.165) is 32.8 Å². The van der Waals surface area contributed by atoms with Gasteiger partial charge in [0.15, 0.2) is 0 Å². The molecule has 0 radical (unpaired) electrons. The van der Waals surface area contributed by atoms with Crippen LogP contribution < -0.4 is 0 Å². The van der Waals surface area contributed by atoms with Gasteiger partial charge in [0.1, 0.15) is 0 Å². The summed E-state index contributed by atoms with van der Waals surface area (Å²) in [6.07, 6.45) is 0. The number of rotatable bonds is 3. The number of hydrogen-bond acceptors (Lipinski definition) is 3. The lowest BCUT2D eigenvalue weighted by molar-refractivity contribution is 0.0773. The molecule has 4 aromatic rings. The molecule has 124 valence electrons. The van der Waals surface area contributed by atoms with Crippen LogP contribution in [0, 0.1) is 0 Å². The van der Waals surface area contributed by atoms with E-state index >= 15 is 0 Å². The fourth-order valence-electron chi connectivity index (χ4n) is 3.24. The van der Waals surface area contributed by atoms with Crippen molar-refractivity contribution in [3.05, 3.63) is 60.2 Å². The molecule has 1 amide bonds. The van der Waals surface area contributed by atoms with Crippen LogP contribution in [0.15, 0.2) is 54.6 Å². The second kappa shape index (κ2) is 6.13. The van der Waals surface area contributed by atoms with Gasteiger partial charge in [0, 0.05) is 24.0 Å². The van der Waals surface area contributed by atoms with Crippen molar-refractivity contribution in [1.29, 1.82) is 0 Å². The SMILES string of the molecule is CCN(CC)C(=O)c1ccc2nc3ccc4ccccc4c3nc2c1. The van der Waals surface area contributed by atoms with E-state index in [4.69, 9.17) is 9.97 Å². The van der Waals surface area contributed by atoms with Crippen LogP contribution in [0.5, 0.6) is 0 Å². The summed E-state index contributed by atoms with van der Waals surface area (Å²) in [5.41, 5.74) is 3.96. The van der Waals surface area contributed by atoms with Gasteiger partial charge in [0.05, 0.1) is 22.1 Å². The highest BCUT2D eigenvalue weighted by atomic mass is 16.2. The number of benzene rings is 3. The highest BCUT2D eigenvalue weighted by Crippen LogP contribution is 2.25. The maximum atomic E-state index is 12.6. The molecule has 4 rings (SSSR count). The van der Waals surface area contributed by atoms with Crippen molar-refractivity contribution in [3.63, 3.8) is 0 Å². The van der Waals surface area contributed by atoms with E-state index in [2.05, 4.69) is 18.2 Å². The Morgan fingerprint density at radius 2 is 1.64 bits per heavy atom. The molecule has 3 aromatic carbocycles. The van der Waals surface area contributed by atoms with Crippen molar-refractivity contribution in [2.24, 2.45) is 0 Å². The fourth-order valence-corrected chi connectivity index (χ4v) is 3.24. The van der Waals surface area contributed by atoms with Gasteiger partial charge in [-0.05, 0) is 43.5 Å². The molecule has 0 saturated carbocycles. The molecule has 0 unspecified atom stereocenters. The first-order valence-corrected chi connectivity index (χ1v) is 8.59. The van der Waals surface area contributed by atoms with Gasteiger partial charge in [0.25, 0.3) is 5.91 Å². The standard InChI is InChI=1S/C21H19N3O/c1-3-24(4-2)21(25)15-10-11-17-19(13-15)23-20-16-8-6-5-7-14(16)9-12-18(20)22-17/h5-13H,3-4H2,1-2H3. The Morgan fingerprint density at radius 3 is 2.44 bits per heavy atom. The van der Waals surface area contributed by atoms with Crippen molar-refractivity contribution in [2.75, 3.05) is 13.1 Å². The highest BCUT2D eigenvalue weighted by molar-refractivity contribution is 6.06. The van der Waals surface area contributed by atoms with Crippen molar-refractivity contribution < 1.29 is 4.79 Å². The molecule has 0 aliphatic rings. The van der Waals surface area contributed by atoms with Crippen LogP contribution in [-0.4, -0.2) is 33.9 Å². The summed E-state index contributed by atoms with van der Waals surface area (Å²) in [6, 6.07) is 17.8. The Kier molecular flexibility index (Phi) is 3.80. The normalized spacial score (nSPS) is 11.3.